The van der Waals surface area contributed by atoms with Gasteiger partial charge in [0.1, 0.15) is 29.0 Å². The van der Waals surface area contributed by atoms with E-state index in [2.05, 4.69) is 25.3 Å². The molecule has 5 rings (SSSR count). The molecular weight excluding hydrogens is 607 g/mol. The van der Waals surface area contributed by atoms with Crippen molar-refractivity contribution in [2.75, 3.05) is 24.6 Å². The lowest BCUT2D eigenvalue weighted by atomic mass is 10.0. The van der Waals surface area contributed by atoms with Gasteiger partial charge in [0, 0.05) is 36.2 Å². The van der Waals surface area contributed by atoms with E-state index in [1.807, 2.05) is 34.5 Å². The Hall–Kier alpha value is -4.00. The molecule has 0 bridgehead atoms. The number of aromatic nitrogens is 2. The molecule has 15 nitrogen and oxygen atoms in total. The Morgan fingerprint density at radius 1 is 1.38 bits per heavy atom. The van der Waals surface area contributed by atoms with Crippen LogP contribution >= 0.6 is 35.1 Å². The molecule has 1 aromatic heterocycles. The first-order valence-electron chi connectivity index (χ1n) is 12.6. The zero-order valence-corrected chi connectivity index (χ0v) is 24.8. The minimum absolute atomic E-state index is 0.0261. The molecule has 18 heteroatoms. The van der Waals surface area contributed by atoms with Crippen LogP contribution in [0.1, 0.15) is 19.7 Å². The van der Waals surface area contributed by atoms with Crippen LogP contribution in [-0.4, -0.2) is 94.3 Å². The van der Waals surface area contributed by atoms with Crippen LogP contribution in [-0.2, 0) is 19.2 Å². The zero-order chi connectivity index (χ0) is 30.0. The number of aliphatic hydroxyl groups excluding tert-OH is 1. The van der Waals surface area contributed by atoms with E-state index in [9.17, 15) is 24.6 Å². The number of hydrogen-bond donors (Lipinski definition) is 5. The Labute approximate surface area is 252 Å². The van der Waals surface area contributed by atoms with Crippen molar-refractivity contribution < 1.29 is 29.4 Å². The molecule has 1 saturated heterocycles. The first-order valence-corrected chi connectivity index (χ1v) is 15.3. The summed E-state index contributed by atoms with van der Waals surface area (Å²) in [6.45, 7) is 3.95. The first kappa shape index (κ1) is 29.5. The topological polar surface area (TPSA) is 199 Å². The minimum Gasteiger partial charge on any atom is -0.477 e. The van der Waals surface area contributed by atoms with Crippen molar-refractivity contribution in [3.8, 4) is 0 Å². The second-order valence-electron chi connectivity index (χ2n) is 9.26. The summed E-state index contributed by atoms with van der Waals surface area (Å²) in [5.74, 6) is -1.40. The fourth-order valence-corrected chi connectivity index (χ4v) is 6.65. The van der Waals surface area contributed by atoms with Crippen LogP contribution in [0, 0.1) is 0 Å². The zero-order valence-electron chi connectivity index (χ0n) is 22.3. The lowest BCUT2D eigenvalue weighted by Crippen LogP contribution is -2.71. The van der Waals surface area contributed by atoms with E-state index in [4.69, 9.17) is 10.6 Å². The van der Waals surface area contributed by atoms with Gasteiger partial charge in [0.2, 0.25) is 11.5 Å². The van der Waals surface area contributed by atoms with Gasteiger partial charge in [-0.25, -0.2) is 9.80 Å². The highest BCUT2D eigenvalue weighted by Gasteiger charge is 2.54. The Morgan fingerprint density at radius 3 is 2.88 bits per heavy atom. The summed E-state index contributed by atoms with van der Waals surface area (Å²) >= 11 is 3.56. The van der Waals surface area contributed by atoms with Crippen LogP contribution in [0.25, 0.3) is 0 Å². The molecule has 1 fully saturated rings. The predicted molar refractivity (Wildman–Crippen MR) is 158 cm³/mol. The lowest BCUT2D eigenvalue weighted by Gasteiger charge is -2.49. The highest BCUT2D eigenvalue weighted by molar-refractivity contribution is 8.05. The third-order valence-electron chi connectivity index (χ3n) is 6.07. The summed E-state index contributed by atoms with van der Waals surface area (Å²) in [6.07, 6.45) is 8.81. The molecule has 0 spiro atoms. The number of anilines is 1. The Balaban J connectivity index is 1.26. The molecular formula is C24H27N9O6S3. The average molecular weight is 634 g/mol. The highest BCUT2D eigenvalue weighted by atomic mass is 32.2. The number of nitrogens with two attached hydrogens (primary N) is 1. The maximum atomic E-state index is 13.1. The van der Waals surface area contributed by atoms with E-state index in [1.54, 1.807) is 25.3 Å². The van der Waals surface area contributed by atoms with Gasteiger partial charge in [0.15, 0.2) is 5.13 Å². The SMILES string of the molecule is CC(C)O/N=C(\C(=O)N[C@@H]1C(=O)N2C(C(=O)O)=C(/C=C/SC3=CC=C4N(CCO)C=CN4N3)CS[C@@H]12)c1nsc(N)n1. The molecule has 2 amide bonds. The van der Waals surface area contributed by atoms with Crippen molar-refractivity contribution in [2.45, 2.75) is 31.4 Å². The number of amides is 2. The highest BCUT2D eigenvalue weighted by Crippen LogP contribution is 2.41. The average Bonchev–Trinajstić information content (AvgIpc) is 3.57. The second kappa shape index (κ2) is 12.5. The summed E-state index contributed by atoms with van der Waals surface area (Å²) in [5, 5.41) is 29.5. The van der Waals surface area contributed by atoms with E-state index in [1.165, 1.54) is 28.4 Å². The molecule has 0 radical (unpaired) electrons. The second-order valence-corrected chi connectivity index (χ2v) is 12.1. The molecule has 222 valence electrons. The van der Waals surface area contributed by atoms with E-state index in [0.29, 0.717) is 17.9 Å². The number of oxime groups is 1. The Bertz CT molecular complexity index is 1470. The molecule has 5 heterocycles. The van der Waals surface area contributed by atoms with E-state index >= 15 is 0 Å². The first-order chi connectivity index (χ1) is 20.2. The number of thioether (sulfide) groups is 2. The van der Waals surface area contributed by atoms with Crippen molar-refractivity contribution in [3.05, 3.63) is 64.0 Å². The molecule has 0 aliphatic carbocycles. The number of rotatable bonds is 11. The molecule has 4 aliphatic heterocycles. The van der Waals surface area contributed by atoms with Crippen molar-refractivity contribution in [1.82, 2.24) is 34.9 Å². The number of carboxylic acids is 1. The third-order valence-corrected chi connectivity index (χ3v) is 8.66. The number of aliphatic carboxylic acids is 1. The van der Waals surface area contributed by atoms with Gasteiger partial charge in [-0.2, -0.15) is 9.36 Å². The molecule has 1 aromatic rings. The molecule has 42 heavy (non-hydrogen) atoms. The number of hydrogen-bond acceptors (Lipinski definition) is 15. The van der Waals surface area contributed by atoms with Crippen molar-refractivity contribution in [2.24, 2.45) is 5.16 Å². The maximum Gasteiger partial charge on any atom is 0.352 e. The molecule has 0 saturated carbocycles. The van der Waals surface area contributed by atoms with Gasteiger partial charge in [0.05, 0.1) is 11.6 Å². The van der Waals surface area contributed by atoms with Gasteiger partial charge >= 0.3 is 5.97 Å². The summed E-state index contributed by atoms with van der Waals surface area (Å²) in [5.41, 5.74) is 8.97. The summed E-state index contributed by atoms with van der Waals surface area (Å²) < 4.78 is 4.01. The predicted octanol–water partition coefficient (Wildman–Crippen LogP) is 0.517. The van der Waals surface area contributed by atoms with Crippen LogP contribution in [0.5, 0.6) is 0 Å². The Morgan fingerprint density at radius 2 is 2.19 bits per heavy atom. The fraction of sp³-hybridized carbons (Fsp3) is 0.333. The van der Waals surface area contributed by atoms with Crippen molar-refractivity contribution >= 4 is 63.7 Å². The summed E-state index contributed by atoms with van der Waals surface area (Å²) in [7, 11) is 0. The number of β-amino-alcohol motifs (C(OH)–C–C–N with tert-alkyl or cyclic N) is 1. The molecule has 0 unspecified atom stereocenters. The quantitative estimate of drug-likeness (QED) is 0.128. The molecule has 0 aromatic carbocycles. The van der Waals surface area contributed by atoms with Gasteiger partial charge in [0.25, 0.3) is 11.8 Å². The number of nitrogen functional groups attached to an aromatic ring is 1. The number of β-lactam (4-membered cyclic amide) rings is 1. The van der Waals surface area contributed by atoms with Gasteiger partial charge in [-0.05, 0) is 43.1 Å². The number of aliphatic hydroxyl groups is 1. The minimum atomic E-state index is -1.24. The number of carboxylic acid groups (broad SMARTS) is 1. The summed E-state index contributed by atoms with van der Waals surface area (Å²) in [6, 6.07) is -0.978. The van der Waals surface area contributed by atoms with E-state index < -0.39 is 29.2 Å². The van der Waals surface area contributed by atoms with Gasteiger partial charge in [-0.3, -0.25) is 19.9 Å². The van der Waals surface area contributed by atoms with Crippen molar-refractivity contribution in [3.63, 3.8) is 0 Å². The molecule has 6 N–H and O–H groups in total. The largest absolute Gasteiger partial charge is 0.477 e. The van der Waals surface area contributed by atoms with Crippen LogP contribution < -0.4 is 16.5 Å². The van der Waals surface area contributed by atoms with E-state index in [0.717, 1.165) is 22.4 Å². The normalized spacial score (nSPS) is 21.7. The number of nitrogens with one attached hydrogen (secondary N) is 2. The number of hydrazine groups is 1. The lowest BCUT2D eigenvalue weighted by molar-refractivity contribution is -0.150. The number of fused-ring (bicyclic) bond motifs is 2. The van der Waals surface area contributed by atoms with Crippen molar-refractivity contribution in [1.29, 1.82) is 0 Å². The van der Waals surface area contributed by atoms with Crippen LogP contribution in [0.4, 0.5) is 5.13 Å². The number of carbonyl (C=O) groups excluding carboxylic acids is 2. The van der Waals surface area contributed by atoms with Gasteiger partial charge in [-0.15, -0.1) is 11.8 Å². The monoisotopic (exact) mass is 633 g/mol. The summed E-state index contributed by atoms with van der Waals surface area (Å²) in [4.78, 5) is 50.7. The number of nitrogens with zero attached hydrogens (tertiary/aromatic N) is 6. The standard InChI is InChI=1S/C24H27N9O6S3/c1-12(2)39-29-16(19-27-24(25)42-30-19)20(35)26-17-21(36)33-18(23(37)38)13(11-41-22(17)33)5-10-40-14-3-4-15-31(8-9-34)6-7-32(15)28-14/h3-7,10,12,17,22,28,34H,8-9,11H2,1-2H3,(H,26,35)(H,37,38)(H2,25,27,30)/b10-5+,29-16-/t17-,22+/m1/s1. The number of carbonyl (C=O) groups is 3. The molecule has 2 atom stereocenters. The van der Waals surface area contributed by atoms with Crippen LogP contribution in [0.15, 0.2) is 63.3 Å². The van der Waals surface area contributed by atoms with Gasteiger partial charge in [-0.1, -0.05) is 16.9 Å². The maximum absolute atomic E-state index is 13.1. The van der Waals surface area contributed by atoms with Crippen LogP contribution in [0.3, 0.4) is 0 Å². The molecule has 4 aliphatic rings. The third kappa shape index (κ3) is 5.96. The fourth-order valence-electron chi connectivity index (χ4n) is 4.22. The van der Waals surface area contributed by atoms with Gasteiger partial charge < -0.3 is 31.0 Å². The smallest absolute Gasteiger partial charge is 0.352 e. The van der Waals surface area contributed by atoms with Crippen LogP contribution in [0.2, 0.25) is 0 Å². The number of allylic oxidation sites excluding steroid dienone is 3. The Kier molecular flexibility index (Phi) is 8.76. The van der Waals surface area contributed by atoms with E-state index in [-0.39, 0.29) is 35.1 Å².